The molecule has 0 aliphatic rings. The van der Waals surface area contributed by atoms with E-state index in [0.717, 1.165) is 22.4 Å². The van der Waals surface area contributed by atoms with Gasteiger partial charge in [-0.05, 0) is 31.9 Å². The fourth-order valence-electron chi connectivity index (χ4n) is 3.70. The van der Waals surface area contributed by atoms with E-state index in [4.69, 9.17) is 11.6 Å². The first-order valence-electron chi connectivity index (χ1n) is 9.13. The molecule has 0 aliphatic carbocycles. The quantitative estimate of drug-likeness (QED) is 0.495. The smallest absolute Gasteiger partial charge is 0.313 e. The van der Waals surface area contributed by atoms with Crippen LogP contribution in [-0.4, -0.2) is 29.0 Å². The molecule has 3 heterocycles. The SMILES string of the molecule is Cc1ccc(C)c(Cn2c(=O)c3c(nc4n(CCCl)c(C)cn34)n(C)c2=O)c1. The summed E-state index contributed by atoms with van der Waals surface area (Å²) >= 11 is 5.92. The van der Waals surface area contributed by atoms with Crippen LogP contribution in [0.1, 0.15) is 22.4 Å². The van der Waals surface area contributed by atoms with Crippen molar-refractivity contribution in [2.24, 2.45) is 7.05 Å². The highest BCUT2D eigenvalue weighted by Crippen LogP contribution is 2.17. The van der Waals surface area contributed by atoms with Crippen LogP contribution >= 0.6 is 11.6 Å². The van der Waals surface area contributed by atoms with Gasteiger partial charge in [0.1, 0.15) is 0 Å². The molecule has 0 radical (unpaired) electrons. The Kier molecular flexibility index (Phi) is 4.42. The van der Waals surface area contributed by atoms with Crippen LogP contribution < -0.4 is 11.2 Å². The standard InChI is InChI=1S/C20H22ClN5O2/c1-12-5-6-13(2)15(9-12)11-26-18(27)16-17(23(4)20(26)28)22-19-24(8-7-21)14(3)10-25(16)19/h5-6,9-10H,7-8,11H2,1-4H3. The molecule has 8 heteroatoms. The molecule has 146 valence electrons. The molecule has 28 heavy (non-hydrogen) atoms. The first-order chi connectivity index (χ1) is 13.3. The Bertz CT molecular complexity index is 1340. The van der Waals surface area contributed by atoms with Gasteiger partial charge < -0.3 is 4.57 Å². The van der Waals surface area contributed by atoms with Crippen LogP contribution in [0.5, 0.6) is 0 Å². The third-order valence-electron chi connectivity index (χ3n) is 5.28. The van der Waals surface area contributed by atoms with E-state index in [-0.39, 0.29) is 17.8 Å². The molecule has 3 aromatic heterocycles. The summed E-state index contributed by atoms with van der Waals surface area (Å²) in [5.41, 5.74) is 4.11. The Morgan fingerprint density at radius 2 is 1.86 bits per heavy atom. The number of imidazole rings is 2. The number of aryl methyl sites for hydroxylation is 5. The van der Waals surface area contributed by atoms with Crippen molar-refractivity contribution >= 4 is 28.5 Å². The lowest BCUT2D eigenvalue weighted by Crippen LogP contribution is -2.39. The summed E-state index contributed by atoms with van der Waals surface area (Å²) in [6.07, 6.45) is 1.87. The van der Waals surface area contributed by atoms with Crippen molar-refractivity contribution in [1.29, 1.82) is 0 Å². The van der Waals surface area contributed by atoms with Crippen LogP contribution in [0.4, 0.5) is 0 Å². The third kappa shape index (κ3) is 2.69. The van der Waals surface area contributed by atoms with E-state index in [0.29, 0.717) is 29.4 Å². The third-order valence-corrected chi connectivity index (χ3v) is 5.45. The van der Waals surface area contributed by atoms with Gasteiger partial charge in [-0.15, -0.1) is 11.6 Å². The van der Waals surface area contributed by atoms with Crippen molar-refractivity contribution in [3.05, 3.63) is 67.6 Å². The first-order valence-corrected chi connectivity index (χ1v) is 9.66. The molecule has 0 saturated heterocycles. The lowest BCUT2D eigenvalue weighted by Gasteiger charge is -2.11. The van der Waals surface area contributed by atoms with Gasteiger partial charge >= 0.3 is 5.69 Å². The zero-order valence-corrected chi connectivity index (χ0v) is 17.1. The van der Waals surface area contributed by atoms with Crippen LogP contribution in [-0.2, 0) is 20.1 Å². The van der Waals surface area contributed by atoms with Crippen LogP contribution in [0.3, 0.4) is 0 Å². The van der Waals surface area contributed by atoms with Crippen LogP contribution in [0.2, 0.25) is 0 Å². The topological polar surface area (TPSA) is 66.2 Å². The summed E-state index contributed by atoms with van der Waals surface area (Å²) in [7, 11) is 1.65. The largest absolute Gasteiger partial charge is 0.332 e. The Balaban J connectivity index is 2.02. The summed E-state index contributed by atoms with van der Waals surface area (Å²) in [6.45, 7) is 6.73. The van der Waals surface area contributed by atoms with Gasteiger partial charge in [-0.1, -0.05) is 23.8 Å². The number of rotatable bonds is 4. The zero-order valence-electron chi connectivity index (χ0n) is 16.4. The molecular formula is C20H22ClN5O2. The van der Waals surface area contributed by atoms with E-state index in [9.17, 15) is 9.59 Å². The highest BCUT2D eigenvalue weighted by atomic mass is 35.5. The average Bonchev–Trinajstić information content (AvgIpc) is 3.16. The van der Waals surface area contributed by atoms with E-state index in [2.05, 4.69) is 4.98 Å². The van der Waals surface area contributed by atoms with Crippen LogP contribution in [0, 0.1) is 20.8 Å². The monoisotopic (exact) mass is 399 g/mol. The fourth-order valence-corrected chi connectivity index (χ4v) is 3.87. The van der Waals surface area contributed by atoms with Crippen LogP contribution in [0.15, 0.2) is 34.0 Å². The normalized spacial score (nSPS) is 11.8. The molecule has 0 aliphatic heterocycles. The first kappa shape index (κ1) is 18.6. The molecule has 0 saturated carbocycles. The molecule has 4 aromatic rings. The number of fused-ring (bicyclic) bond motifs is 3. The van der Waals surface area contributed by atoms with Crippen molar-refractivity contribution in [2.45, 2.75) is 33.9 Å². The average molecular weight is 400 g/mol. The number of benzene rings is 1. The minimum atomic E-state index is -0.375. The van der Waals surface area contributed by atoms with E-state index in [1.807, 2.05) is 49.7 Å². The number of nitrogens with zero attached hydrogens (tertiary/aromatic N) is 5. The minimum Gasteiger partial charge on any atom is -0.313 e. The number of halogens is 1. The summed E-state index contributed by atoms with van der Waals surface area (Å²) in [6, 6.07) is 6.04. The summed E-state index contributed by atoms with van der Waals surface area (Å²) in [4.78, 5) is 30.8. The molecule has 4 rings (SSSR count). The molecule has 0 N–H and O–H groups in total. The molecule has 0 atom stereocenters. The zero-order chi connectivity index (χ0) is 20.2. The number of hydrogen-bond acceptors (Lipinski definition) is 3. The lowest BCUT2D eigenvalue weighted by atomic mass is 10.1. The summed E-state index contributed by atoms with van der Waals surface area (Å²) < 4.78 is 6.44. The Morgan fingerprint density at radius 1 is 1.11 bits per heavy atom. The highest BCUT2D eigenvalue weighted by Gasteiger charge is 2.20. The predicted molar refractivity (Wildman–Crippen MR) is 111 cm³/mol. The van der Waals surface area contributed by atoms with Crippen LogP contribution in [0.25, 0.3) is 16.9 Å². The van der Waals surface area contributed by atoms with Gasteiger partial charge in [0.15, 0.2) is 11.2 Å². The van der Waals surface area contributed by atoms with E-state index >= 15 is 0 Å². The van der Waals surface area contributed by atoms with Gasteiger partial charge in [0, 0.05) is 31.4 Å². The van der Waals surface area contributed by atoms with Crippen molar-refractivity contribution in [3.63, 3.8) is 0 Å². The molecular weight excluding hydrogens is 378 g/mol. The maximum atomic E-state index is 13.3. The van der Waals surface area contributed by atoms with E-state index in [1.54, 1.807) is 11.4 Å². The van der Waals surface area contributed by atoms with Gasteiger partial charge in [0.25, 0.3) is 5.56 Å². The van der Waals surface area contributed by atoms with Crippen molar-refractivity contribution < 1.29 is 0 Å². The summed E-state index contributed by atoms with van der Waals surface area (Å²) in [5, 5.41) is 0. The van der Waals surface area contributed by atoms with Crippen molar-refractivity contribution in [1.82, 2.24) is 23.1 Å². The van der Waals surface area contributed by atoms with Gasteiger partial charge in [0.2, 0.25) is 5.78 Å². The number of alkyl halides is 1. The molecule has 7 nitrogen and oxygen atoms in total. The number of hydrogen-bond donors (Lipinski definition) is 0. The fraction of sp³-hybridized carbons (Fsp3) is 0.350. The molecule has 0 spiro atoms. The minimum absolute atomic E-state index is 0.226. The van der Waals surface area contributed by atoms with E-state index < -0.39 is 0 Å². The second kappa shape index (κ2) is 6.67. The highest BCUT2D eigenvalue weighted by molar-refractivity contribution is 6.17. The lowest BCUT2D eigenvalue weighted by molar-refractivity contribution is 0.654. The second-order valence-electron chi connectivity index (χ2n) is 7.23. The van der Waals surface area contributed by atoms with E-state index in [1.165, 1.54) is 9.13 Å². The van der Waals surface area contributed by atoms with Gasteiger partial charge in [-0.3, -0.25) is 18.3 Å². The Morgan fingerprint density at radius 3 is 2.57 bits per heavy atom. The maximum absolute atomic E-state index is 13.3. The maximum Gasteiger partial charge on any atom is 0.332 e. The number of aromatic nitrogens is 5. The van der Waals surface area contributed by atoms with Crippen molar-refractivity contribution in [3.8, 4) is 0 Å². The molecule has 1 aromatic carbocycles. The molecule has 0 bridgehead atoms. The second-order valence-corrected chi connectivity index (χ2v) is 7.61. The van der Waals surface area contributed by atoms with Crippen molar-refractivity contribution in [2.75, 3.05) is 5.88 Å². The van der Waals surface area contributed by atoms with Gasteiger partial charge in [0.05, 0.1) is 6.54 Å². The molecule has 0 fully saturated rings. The molecule has 0 unspecified atom stereocenters. The van der Waals surface area contributed by atoms with Gasteiger partial charge in [-0.2, -0.15) is 4.98 Å². The molecule has 0 amide bonds. The Hall–Kier alpha value is -2.80. The Labute approximate surface area is 166 Å². The van der Waals surface area contributed by atoms with Gasteiger partial charge in [-0.25, -0.2) is 4.79 Å². The summed E-state index contributed by atoms with van der Waals surface area (Å²) in [5.74, 6) is 1.05. The predicted octanol–water partition coefficient (Wildman–Crippen LogP) is 2.36.